The summed E-state index contributed by atoms with van der Waals surface area (Å²) in [5.41, 5.74) is 1.01. The number of hydroxylamine groups is 2. The molecule has 1 heterocycles. The fourth-order valence-electron chi connectivity index (χ4n) is 2.08. The van der Waals surface area contributed by atoms with Crippen LogP contribution in [0, 0.1) is 6.92 Å². The topological polar surface area (TPSA) is 55.8 Å². The lowest BCUT2D eigenvalue weighted by Gasteiger charge is -2.33. The molecule has 0 amide bonds. The first-order valence-corrected chi connectivity index (χ1v) is 7.69. The maximum absolute atomic E-state index is 12.1. The Morgan fingerprint density at radius 1 is 1.16 bits per heavy atom. The molecular weight excluding hydrogens is 266 g/mol. The molecule has 0 saturated carbocycles. The molecule has 0 spiro atoms. The van der Waals surface area contributed by atoms with E-state index >= 15 is 0 Å². The molecule has 106 valence electrons. The summed E-state index contributed by atoms with van der Waals surface area (Å²) in [7, 11) is -3.75. The normalized spacial score (nSPS) is 25.4. The van der Waals surface area contributed by atoms with Crippen LogP contribution in [0.15, 0.2) is 29.2 Å². The Labute approximate surface area is 114 Å². The lowest BCUT2D eigenvalue weighted by Crippen LogP contribution is -2.46. The van der Waals surface area contributed by atoms with Crippen LogP contribution in [0.5, 0.6) is 0 Å². The number of nitrogens with zero attached hydrogens (tertiary/aromatic N) is 1. The second kappa shape index (κ2) is 5.58. The van der Waals surface area contributed by atoms with E-state index in [1.54, 1.807) is 24.3 Å². The third-order valence-corrected chi connectivity index (χ3v) is 4.16. The van der Waals surface area contributed by atoms with Crippen molar-refractivity contribution in [1.29, 1.82) is 0 Å². The van der Waals surface area contributed by atoms with Crippen LogP contribution in [-0.2, 0) is 19.1 Å². The van der Waals surface area contributed by atoms with Crippen molar-refractivity contribution in [1.82, 2.24) is 5.06 Å². The van der Waals surface area contributed by atoms with Gasteiger partial charge in [0.1, 0.15) is 0 Å². The van der Waals surface area contributed by atoms with Crippen molar-refractivity contribution in [2.45, 2.75) is 37.9 Å². The van der Waals surface area contributed by atoms with Crippen LogP contribution in [0.2, 0.25) is 0 Å². The Balaban J connectivity index is 2.10. The van der Waals surface area contributed by atoms with Gasteiger partial charge in [-0.2, -0.15) is 17.8 Å². The molecule has 1 saturated heterocycles. The second-order valence-electron chi connectivity index (χ2n) is 4.95. The van der Waals surface area contributed by atoms with Crippen LogP contribution in [0.3, 0.4) is 0 Å². The highest BCUT2D eigenvalue weighted by Crippen LogP contribution is 2.18. The standard InChI is InChI=1S/C13H19NO4S/c1-10-4-6-13(7-5-10)19(15,16)18-14-8-11(2)17-12(3)9-14/h4-7,11-12H,8-9H2,1-3H3. The van der Waals surface area contributed by atoms with Gasteiger partial charge in [0, 0.05) is 0 Å². The van der Waals surface area contributed by atoms with Gasteiger partial charge in [0.15, 0.2) is 0 Å². The number of ether oxygens (including phenoxy) is 1. The van der Waals surface area contributed by atoms with Crippen molar-refractivity contribution in [2.24, 2.45) is 0 Å². The number of morpholine rings is 1. The van der Waals surface area contributed by atoms with Crippen molar-refractivity contribution < 1.29 is 17.4 Å². The predicted octanol–water partition coefficient (Wildman–Crippen LogP) is 1.72. The molecule has 2 atom stereocenters. The first-order chi connectivity index (χ1) is 8.87. The van der Waals surface area contributed by atoms with Crippen molar-refractivity contribution >= 4 is 10.1 Å². The van der Waals surface area contributed by atoms with Gasteiger partial charge in [0.25, 0.3) is 0 Å². The van der Waals surface area contributed by atoms with Crippen LogP contribution in [-0.4, -0.2) is 38.8 Å². The largest absolute Gasteiger partial charge is 0.373 e. The van der Waals surface area contributed by atoms with Crippen molar-refractivity contribution in [3.63, 3.8) is 0 Å². The summed E-state index contributed by atoms with van der Waals surface area (Å²) in [6.07, 6.45) is -0.0889. The van der Waals surface area contributed by atoms with Crippen LogP contribution >= 0.6 is 0 Å². The molecule has 1 aliphatic heterocycles. The zero-order valence-corrected chi connectivity index (χ0v) is 12.2. The lowest BCUT2D eigenvalue weighted by atomic mass is 10.2. The van der Waals surface area contributed by atoms with E-state index in [1.807, 2.05) is 20.8 Å². The zero-order valence-electron chi connectivity index (χ0n) is 11.4. The summed E-state index contributed by atoms with van der Waals surface area (Å²) in [5.74, 6) is 0. The van der Waals surface area contributed by atoms with Crippen molar-refractivity contribution in [3.8, 4) is 0 Å². The number of aryl methyl sites for hydroxylation is 1. The van der Waals surface area contributed by atoms with Gasteiger partial charge < -0.3 is 4.74 Å². The summed E-state index contributed by atoms with van der Waals surface area (Å²) in [4.78, 5) is 0.171. The highest BCUT2D eigenvalue weighted by atomic mass is 32.2. The molecule has 19 heavy (non-hydrogen) atoms. The zero-order chi connectivity index (χ0) is 14.0. The van der Waals surface area contributed by atoms with Gasteiger partial charge in [0.2, 0.25) is 0 Å². The second-order valence-corrected chi connectivity index (χ2v) is 6.47. The SMILES string of the molecule is Cc1ccc(S(=O)(=O)ON2CC(C)OC(C)C2)cc1. The van der Waals surface area contributed by atoms with Crippen LogP contribution in [0.25, 0.3) is 0 Å². The predicted molar refractivity (Wildman–Crippen MR) is 71.0 cm³/mol. The smallest absolute Gasteiger partial charge is 0.313 e. The van der Waals surface area contributed by atoms with Crippen molar-refractivity contribution in [3.05, 3.63) is 29.8 Å². The monoisotopic (exact) mass is 285 g/mol. The molecule has 1 aromatic carbocycles. The third kappa shape index (κ3) is 3.76. The van der Waals surface area contributed by atoms with Gasteiger partial charge >= 0.3 is 10.1 Å². The molecule has 1 aliphatic rings. The molecule has 1 fully saturated rings. The van der Waals surface area contributed by atoms with E-state index in [2.05, 4.69) is 0 Å². The van der Waals surface area contributed by atoms with Crippen LogP contribution in [0.4, 0.5) is 0 Å². The quantitative estimate of drug-likeness (QED) is 0.846. The molecule has 2 rings (SSSR count). The summed E-state index contributed by atoms with van der Waals surface area (Å²) < 4.78 is 34.9. The molecule has 0 aliphatic carbocycles. The first kappa shape index (κ1) is 14.5. The highest BCUT2D eigenvalue weighted by molar-refractivity contribution is 7.86. The van der Waals surface area contributed by atoms with E-state index in [0.29, 0.717) is 13.1 Å². The minimum atomic E-state index is -3.75. The molecule has 0 bridgehead atoms. The Morgan fingerprint density at radius 3 is 2.21 bits per heavy atom. The van der Waals surface area contributed by atoms with Gasteiger partial charge in [-0.05, 0) is 32.9 Å². The summed E-state index contributed by atoms with van der Waals surface area (Å²) in [6, 6.07) is 6.61. The molecule has 5 nitrogen and oxygen atoms in total. The Bertz CT molecular complexity index is 516. The molecule has 0 N–H and O–H groups in total. The fourth-order valence-corrected chi connectivity index (χ4v) is 3.03. The lowest BCUT2D eigenvalue weighted by molar-refractivity contribution is -0.166. The maximum atomic E-state index is 12.1. The molecule has 6 heteroatoms. The first-order valence-electron chi connectivity index (χ1n) is 6.28. The number of hydrogen-bond acceptors (Lipinski definition) is 5. The Morgan fingerprint density at radius 2 is 1.68 bits per heavy atom. The molecule has 0 aromatic heterocycles. The Kier molecular flexibility index (Phi) is 4.25. The Hall–Kier alpha value is -0.950. The van der Waals surface area contributed by atoms with Gasteiger partial charge in [0.05, 0.1) is 30.2 Å². The summed E-state index contributed by atoms with van der Waals surface area (Å²) >= 11 is 0. The van der Waals surface area contributed by atoms with E-state index in [4.69, 9.17) is 9.02 Å². The van der Waals surface area contributed by atoms with Gasteiger partial charge in [-0.1, -0.05) is 17.7 Å². The highest BCUT2D eigenvalue weighted by Gasteiger charge is 2.27. The fraction of sp³-hybridized carbons (Fsp3) is 0.538. The average Bonchev–Trinajstić information content (AvgIpc) is 2.27. The van der Waals surface area contributed by atoms with E-state index < -0.39 is 10.1 Å². The van der Waals surface area contributed by atoms with Crippen LogP contribution < -0.4 is 0 Å². The van der Waals surface area contributed by atoms with E-state index in [0.717, 1.165) is 5.56 Å². The van der Waals surface area contributed by atoms with Crippen molar-refractivity contribution in [2.75, 3.05) is 13.1 Å². The molecule has 1 aromatic rings. The van der Waals surface area contributed by atoms with Gasteiger partial charge in [-0.15, -0.1) is 0 Å². The maximum Gasteiger partial charge on any atom is 0.313 e. The minimum absolute atomic E-state index is 0.0445. The summed E-state index contributed by atoms with van der Waals surface area (Å²) in [6.45, 7) is 6.57. The summed E-state index contributed by atoms with van der Waals surface area (Å²) in [5, 5.41) is 1.45. The molecule has 0 radical (unpaired) electrons. The van der Waals surface area contributed by atoms with E-state index in [1.165, 1.54) is 5.06 Å². The van der Waals surface area contributed by atoms with E-state index in [-0.39, 0.29) is 17.1 Å². The molecular formula is C13H19NO4S. The van der Waals surface area contributed by atoms with Gasteiger partial charge in [-0.3, -0.25) is 0 Å². The third-order valence-electron chi connectivity index (χ3n) is 2.90. The van der Waals surface area contributed by atoms with E-state index in [9.17, 15) is 8.42 Å². The molecule has 2 unspecified atom stereocenters. The van der Waals surface area contributed by atoms with Crippen LogP contribution in [0.1, 0.15) is 19.4 Å². The number of benzene rings is 1. The average molecular weight is 285 g/mol. The number of hydrogen-bond donors (Lipinski definition) is 0. The van der Waals surface area contributed by atoms with Gasteiger partial charge in [-0.25, -0.2) is 0 Å². The number of rotatable bonds is 3. The minimum Gasteiger partial charge on any atom is -0.373 e.